The fourth-order valence-electron chi connectivity index (χ4n) is 6.35. The van der Waals surface area contributed by atoms with E-state index in [4.69, 9.17) is 11.6 Å². The highest BCUT2D eigenvalue weighted by molar-refractivity contribution is 6.31. The van der Waals surface area contributed by atoms with Crippen LogP contribution in [0.15, 0.2) is 84.0 Å². The quantitative estimate of drug-likeness (QED) is 0.163. The number of aliphatic imine (C=N–C) groups is 1. The van der Waals surface area contributed by atoms with E-state index in [1.54, 1.807) is 6.21 Å². The summed E-state index contributed by atoms with van der Waals surface area (Å²) in [6.45, 7) is 4.17. The van der Waals surface area contributed by atoms with Crippen LogP contribution in [0.3, 0.4) is 0 Å². The summed E-state index contributed by atoms with van der Waals surface area (Å²) in [6, 6.07) is 23.8. The molecule has 8 heteroatoms. The van der Waals surface area contributed by atoms with Gasteiger partial charge in [0.15, 0.2) is 5.78 Å². The van der Waals surface area contributed by atoms with Crippen molar-refractivity contribution in [2.75, 3.05) is 33.7 Å². The van der Waals surface area contributed by atoms with Crippen LogP contribution in [0.4, 0.5) is 4.79 Å². The lowest BCUT2D eigenvalue weighted by molar-refractivity contribution is -0.119. The molecule has 5 rings (SSSR count). The number of hydrogen-bond donors (Lipinski definition) is 2. The minimum Gasteiger partial charge on any atom is -0.361 e. The fraction of sp³-hybridized carbons (Fsp3) is 0.378. The molecule has 45 heavy (non-hydrogen) atoms. The second-order valence-corrected chi connectivity index (χ2v) is 12.8. The molecule has 2 heterocycles. The van der Waals surface area contributed by atoms with E-state index in [1.165, 1.54) is 11.1 Å². The number of benzene rings is 3. The number of aromatic nitrogens is 1. The zero-order valence-electron chi connectivity index (χ0n) is 26.5. The molecule has 3 aromatic carbocycles. The first-order chi connectivity index (χ1) is 21.8. The van der Waals surface area contributed by atoms with Gasteiger partial charge in [-0.05, 0) is 86.3 Å². The molecule has 1 fully saturated rings. The number of carbonyl (C=O) groups excluding carboxylic acids is 2. The maximum Gasteiger partial charge on any atom is 0.318 e. The third kappa shape index (κ3) is 8.41. The summed E-state index contributed by atoms with van der Waals surface area (Å²) < 4.78 is 0. The number of rotatable bonds is 12. The number of H-pyrrole nitrogens is 1. The van der Waals surface area contributed by atoms with Gasteiger partial charge in [-0.15, -0.1) is 0 Å². The Balaban J connectivity index is 1.24. The molecule has 0 saturated carbocycles. The summed E-state index contributed by atoms with van der Waals surface area (Å²) >= 11 is 6.46. The number of halogens is 1. The largest absolute Gasteiger partial charge is 0.361 e. The number of fused-ring (bicyclic) bond motifs is 1. The van der Waals surface area contributed by atoms with E-state index in [2.05, 4.69) is 50.5 Å². The van der Waals surface area contributed by atoms with Crippen LogP contribution in [0.2, 0.25) is 5.02 Å². The van der Waals surface area contributed by atoms with Crippen molar-refractivity contribution in [3.05, 3.63) is 106 Å². The zero-order chi connectivity index (χ0) is 31.8. The van der Waals surface area contributed by atoms with Gasteiger partial charge in [0, 0.05) is 47.7 Å². The van der Waals surface area contributed by atoms with Gasteiger partial charge in [-0.2, -0.15) is 0 Å². The zero-order valence-corrected chi connectivity index (χ0v) is 27.3. The minimum atomic E-state index is -0.710. The van der Waals surface area contributed by atoms with Crippen LogP contribution < -0.4 is 5.32 Å². The highest BCUT2D eigenvalue weighted by Gasteiger charge is 2.32. The maximum absolute atomic E-state index is 13.7. The molecule has 2 amide bonds. The van der Waals surface area contributed by atoms with Gasteiger partial charge in [0.25, 0.3) is 0 Å². The average molecular weight is 626 g/mol. The molecular formula is C37H44ClN5O2. The van der Waals surface area contributed by atoms with Crippen molar-refractivity contribution in [1.82, 2.24) is 20.1 Å². The Morgan fingerprint density at radius 2 is 1.80 bits per heavy atom. The highest BCUT2D eigenvalue weighted by atomic mass is 35.5. The molecule has 7 nitrogen and oxygen atoms in total. The second kappa shape index (κ2) is 15.4. The number of likely N-dealkylation sites (tertiary alicyclic amines) is 1. The van der Waals surface area contributed by atoms with Gasteiger partial charge in [-0.3, -0.25) is 9.79 Å². The Hall–Kier alpha value is -3.94. The molecule has 0 bridgehead atoms. The Kier molecular flexibility index (Phi) is 11.1. The number of Topliss-reactive ketones (excluding diaryl/α,β-unsaturated/α-hetero) is 1. The number of ketones is 1. The van der Waals surface area contributed by atoms with E-state index in [-0.39, 0.29) is 24.3 Å². The lowest BCUT2D eigenvalue weighted by atomic mass is 9.89. The average Bonchev–Trinajstić information content (AvgIpc) is 3.49. The van der Waals surface area contributed by atoms with E-state index in [9.17, 15) is 9.59 Å². The first-order valence-corrected chi connectivity index (χ1v) is 16.3. The normalized spacial score (nSPS) is 15.5. The lowest BCUT2D eigenvalue weighted by Crippen LogP contribution is -2.52. The summed E-state index contributed by atoms with van der Waals surface area (Å²) in [7, 11) is 4.09. The number of nitrogens with zero attached hydrogens (tertiary/aromatic N) is 3. The SMILES string of the molecule is C[C@@H](c1c[nH]c2ccccc12)[C@@H](NC(=O)N1CCC(c2ccccc2)CC1)C(=O)CN=CCCc1cc(CN(C)C)ccc1Cl. The van der Waals surface area contributed by atoms with Gasteiger partial charge in [-0.1, -0.05) is 79.2 Å². The second-order valence-electron chi connectivity index (χ2n) is 12.4. The molecule has 0 unspecified atom stereocenters. The summed E-state index contributed by atoms with van der Waals surface area (Å²) in [6.07, 6.45) is 6.97. The van der Waals surface area contributed by atoms with Crippen molar-refractivity contribution in [3.8, 4) is 0 Å². The number of amides is 2. The third-order valence-corrected chi connectivity index (χ3v) is 9.19. The Morgan fingerprint density at radius 3 is 2.56 bits per heavy atom. The molecule has 4 aromatic rings. The van der Waals surface area contributed by atoms with Gasteiger partial charge < -0.3 is 20.1 Å². The van der Waals surface area contributed by atoms with Crippen LogP contribution in [0.25, 0.3) is 10.9 Å². The lowest BCUT2D eigenvalue weighted by Gasteiger charge is -2.34. The smallest absolute Gasteiger partial charge is 0.318 e. The Bertz CT molecular complexity index is 1610. The molecule has 0 aliphatic carbocycles. The number of nitrogens with one attached hydrogen (secondary N) is 2. The number of aryl methyl sites for hydroxylation is 1. The van der Waals surface area contributed by atoms with Crippen LogP contribution in [-0.4, -0.2) is 72.6 Å². The predicted octanol–water partition coefficient (Wildman–Crippen LogP) is 7.22. The molecule has 2 N–H and O–H groups in total. The summed E-state index contributed by atoms with van der Waals surface area (Å²) in [5.41, 5.74) is 5.61. The van der Waals surface area contributed by atoms with E-state index < -0.39 is 6.04 Å². The summed E-state index contributed by atoms with van der Waals surface area (Å²) in [4.78, 5) is 39.1. The van der Waals surface area contributed by atoms with Crippen molar-refractivity contribution in [2.24, 2.45) is 4.99 Å². The molecule has 0 spiro atoms. The van der Waals surface area contributed by atoms with Crippen LogP contribution in [-0.2, 0) is 17.8 Å². The van der Waals surface area contributed by atoms with Gasteiger partial charge >= 0.3 is 6.03 Å². The van der Waals surface area contributed by atoms with Crippen LogP contribution in [0, 0.1) is 0 Å². The number of para-hydroxylation sites is 1. The molecule has 1 aliphatic rings. The molecule has 0 radical (unpaired) electrons. The number of carbonyl (C=O) groups is 2. The van der Waals surface area contributed by atoms with E-state index >= 15 is 0 Å². The Labute approximate surface area is 271 Å². The van der Waals surface area contributed by atoms with Gasteiger partial charge in [-0.25, -0.2) is 4.79 Å². The molecule has 1 aliphatic heterocycles. The monoisotopic (exact) mass is 625 g/mol. The highest BCUT2D eigenvalue weighted by Crippen LogP contribution is 2.30. The van der Waals surface area contributed by atoms with Crippen molar-refractivity contribution in [2.45, 2.75) is 57.0 Å². The van der Waals surface area contributed by atoms with E-state index in [1.807, 2.05) is 74.6 Å². The molecule has 1 saturated heterocycles. The van der Waals surface area contributed by atoms with E-state index in [0.717, 1.165) is 52.9 Å². The predicted molar refractivity (Wildman–Crippen MR) is 185 cm³/mol. The number of aromatic amines is 1. The molecule has 236 valence electrons. The van der Waals surface area contributed by atoms with Crippen molar-refractivity contribution in [3.63, 3.8) is 0 Å². The summed E-state index contributed by atoms with van der Waals surface area (Å²) in [5, 5.41) is 4.91. The van der Waals surface area contributed by atoms with E-state index in [0.29, 0.717) is 25.4 Å². The van der Waals surface area contributed by atoms with Gasteiger partial charge in [0.05, 0.1) is 12.6 Å². The number of piperidine rings is 1. The minimum absolute atomic E-state index is 0.00211. The fourth-order valence-corrected chi connectivity index (χ4v) is 6.56. The third-order valence-electron chi connectivity index (χ3n) is 8.82. The Morgan fingerprint density at radius 1 is 1.07 bits per heavy atom. The van der Waals surface area contributed by atoms with Crippen molar-refractivity contribution >= 4 is 40.5 Å². The van der Waals surface area contributed by atoms with Crippen LogP contribution in [0.5, 0.6) is 0 Å². The molecule has 2 atom stereocenters. The summed E-state index contributed by atoms with van der Waals surface area (Å²) in [5.74, 6) is 0.0907. The number of urea groups is 1. The number of hydrogen-bond acceptors (Lipinski definition) is 4. The van der Waals surface area contributed by atoms with Crippen molar-refractivity contribution < 1.29 is 9.59 Å². The molecular weight excluding hydrogens is 582 g/mol. The van der Waals surface area contributed by atoms with Gasteiger partial charge in [0.1, 0.15) is 0 Å². The van der Waals surface area contributed by atoms with Crippen LogP contribution >= 0.6 is 11.6 Å². The maximum atomic E-state index is 13.7. The first-order valence-electron chi connectivity index (χ1n) is 15.9. The van der Waals surface area contributed by atoms with Crippen LogP contribution in [0.1, 0.15) is 60.3 Å². The topological polar surface area (TPSA) is 80.8 Å². The van der Waals surface area contributed by atoms with Crippen molar-refractivity contribution in [1.29, 1.82) is 0 Å². The first kappa shape index (κ1) is 32.5. The van der Waals surface area contributed by atoms with Gasteiger partial charge in [0.2, 0.25) is 0 Å². The molecule has 1 aromatic heterocycles. The standard InChI is InChI=1S/C37H44ClN5O2/c1-26(32-23-40-34-14-8-7-13-31(32)34)36(41-37(45)43-20-17-29(18-21-43)28-10-5-4-6-11-28)35(44)24-39-19-9-12-30-22-27(25-42(2)3)15-16-33(30)38/h4-8,10-11,13-16,19,22-23,26,29,36,40H,9,12,17-18,20-21,24-25H2,1-3H3,(H,41,45)/t26-,36+/m0/s1.